The lowest BCUT2D eigenvalue weighted by Crippen LogP contribution is -2.25. The summed E-state index contributed by atoms with van der Waals surface area (Å²) in [4.78, 5) is 22.9. The van der Waals surface area contributed by atoms with Crippen LogP contribution in [0.3, 0.4) is 0 Å². The van der Waals surface area contributed by atoms with Crippen LogP contribution in [0.15, 0.2) is 12.2 Å². The first-order chi connectivity index (χ1) is 12.8. The average Bonchev–Trinajstić information content (AvgIpc) is 2.61. The van der Waals surface area contributed by atoms with Gasteiger partial charge in [0, 0.05) is 12.2 Å². The van der Waals surface area contributed by atoms with E-state index in [2.05, 4.69) is 11.7 Å². The van der Waals surface area contributed by atoms with Crippen molar-refractivity contribution in [1.29, 1.82) is 0 Å². The summed E-state index contributed by atoms with van der Waals surface area (Å²) < 4.78 is 40.2. The summed E-state index contributed by atoms with van der Waals surface area (Å²) in [6.45, 7) is 3.92. The van der Waals surface area contributed by atoms with Crippen LogP contribution in [0.2, 0.25) is 0 Å². The standard InChI is InChI=1S/C19H34O7S/c1-3-5-6-7-8-9-10-11-12-13-16-25-17(20)14-15-18(21)26-19(4-2)27(22,23)24/h14-15,19H,3-13,16H2,1-2H3,(H,22,23,24). The van der Waals surface area contributed by atoms with Gasteiger partial charge in [-0.3, -0.25) is 4.55 Å². The van der Waals surface area contributed by atoms with Crippen molar-refractivity contribution < 1.29 is 32.0 Å². The van der Waals surface area contributed by atoms with E-state index >= 15 is 0 Å². The zero-order valence-electron chi connectivity index (χ0n) is 16.5. The number of carbonyl (C=O) groups excluding carboxylic acids is 2. The molecule has 0 bridgehead atoms. The summed E-state index contributed by atoms with van der Waals surface area (Å²) in [5.74, 6) is -1.72. The summed E-state index contributed by atoms with van der Waals surface area (Å²) in [5.41, 5.74) is -1.64. The summed E-state index contributed by atoms with van der Waals surface area (Å²) in [7, 11) is -4.48. The molecule has 0 aliphatic heterocycles. The van der Waals surface area contributed by atoms with Crippen LogP contribution in [0, 0.1) is 0 Å². The maximum atomic E-state index is 11.5. The van der Waals surface area contributed by atoms with Gasteiger partial charge in [0.2, 0.25) is 5.44 Å². The van der Waals surface area contributed by atoms with Crippen molar-refractivity contribution in [3.8, 4) is 0 Å². The van der Waals surface area contributed by atoms with Crippen LogP contribution in [0.25, 0.3) is 0 Å². The van der Waals surface area contributed by atoms with E-state index in [0.717, 1.165) is 31.4 Å². The zero-order chi connectivity index (χ0) is 20.5. The first-order valence-electron chi connectivity index (χ1n) is 9.83. The lowest BCUT2D eigenvalue weighted by molar-refractivity contribution is -0.141. The largest absolute Gasteiger partial charge is 0.463 e. The van der Waals surface area contributed by atoms with Crippen LogP contribution in [0.4, 0.5) is 0 Å². The number of carbonyl (C=O) groups is 2. The highest BCUT2D eigenvalue weighted by molar-refractivity contribution is 7.86. The molecule has 0 aromatic heterocycles. The Bertz CT molecular complexity index is 540. The third-order valence-electron chi connectivity index (χ3n) is 4.01. The molecule has 8 heteroatoms. The van der Waals surface area contributed by atoms with Gasteiger partial charge in [-0.1, -0.05) is 71.6 Å². The van der Waals surface area contributed by atoms with Gasteiger partial charge in [0.15, 0.2) is 0 Å². The predicted octanol–water partition coefficient (Wildman–Crippen LogP) is 4.17. The first-order valence-corrected chi connectivity index (χ1v) is 11.3. The highest BCUT2D eigenvalue weighted by Crippen LogP contribution is 2.10. The van der Waals surface area contributed by atoms with Crippen LogP contribution < -0.4 is 0 Å². The van der Waals surface area contributed by atoms with Crippen molar-refractivity contribution in [3.05, 3.63) is 12.2 Å². The molecule has 0 heterocycles. The smallest absolute Gasteiger partial charge is 0.332 e. The van der Waals surface area contributed by atoms with E-state index in [1.807, 2.05) is 0 Å². The molecule has 0 fully saturated rings. The Hall–Kier alpha value is -1.41. The van der Waals surface area contributed by atoms with Gasteiger partial charge in [0.25, 0.3) is 0 Å². The molecule has 0 saturated carbocycles. The molecule has 0 aliphatic rings. The topological polar surface area (TPSA) is 107 Å². The SMILES string of the molecule is CCCCCCCCCCCCOC(=O)C=CC(=O)OC(CC)S(=O)(=O)O. The highest BCUT2D eigenvalue weighted by atomic mass is 32.2. The fourth-order valence-electron chi connectivity index (χ4n) is 2.47. The maximum absolute atomic E-state index is 11.5. The highest BCUT2D eigenvalue weighted by Gasteiger charge is 2.24. The number of hydrogen-bond acceptors (Lipinski definition) is 6. The molecule has 27 heavy (non-hydrogen) atoms. The Morgan fingerprint density at radius 3 is 1.81 bits per heavy atom. The Balaban J connectivity index is 3.73. The number of hydrogen-bond donors (Lipinski definition) is 1. The van der Waals surface area contributed by atoms with Crippen molar-refractivity contribution in [2.24, 2.45) is 0 Å². The summed E-state index contributed by atoms with van der Waals surface area (Å²) >= 11 is 0. The van der Waals surface area contributed by atoms with Gasteiger partial charge in [0.1, 0.15) is 0 Å². The quantitative estimate of drug-likeness (QED) is 0.177. The van der Waals surface area contributed by atoms with E-state index in [1.54, 1.807) is 0 Å². The Kier molecular flexibility index (Phi) is 14.8. The lowest BCUT2D eigenvalue weighted by Gasteiger charge is -2.10. The fraction of sp³-hybridized carbons (Fsp3) is 0.789. The molecule has 0 radical (unpaired) electrons. The van der Waals surface area contributed by atoms with Crippen molar-refractivity contribution in [2.45, 2.75) is 89.9 Å². The van der Waals surface area contributed by atoms with E-state index in [0.29, 0.717) is 0 Å². The summed E-state index contributed by atoms with van der Waals surface area (Å²) in [5, 5.41) is 0. The fourth-order valence-corrected chi connectivity index (χ4v) is 3.11. The summed E-state index contributed by atoms with van der Waals surface area (Å²) in [6, 6.07) is 0. The molecule has 0 aromatic rings. The van der Waals surface area contributed by atoms with Gasteiger partial charge in [-0.25, -0.2) is 9.59 Å². The molecule has 1 N–H and O–H groups in total. The van der Waals surface area contributed by atoms with Crippen LogP contribution in [-0.2, 0) is 29.2 Å². The molecule has 1 unspecified atom stereocenters. The number of rotatable bonds is 16. The first kappa shape index (κ1) is 25.6. The van der Waals surface area contributed by atoms with Gasteiger partial charge in [-0.2, -0.15) is 8.42 Å². The molecular weight excluding hydrogens is 372 g/mol. The van der Waals surface area contributed by atoms with Gasteiger partial charge in [-0.15, -0.1) is 0 Å². The lowest BCUT2D eigenvalue weighted by atomic mass is 10.1. The molecule has 158 valence electrons. The zero-order valence-corrected chi connectivity index (χ0v) is 17.3. The molecule has 1 atom stereocenters. The minimum Gasteiger partial charge on any atom is -0.463 e. The number of esters is 2. The minimum atomic E-state index is -4.48. The average molecular weight is 407 g/mol. The third kappa shape index (κ3) is 15.4. The number of unbranched alkanes of at least 4 members (excludes halogenated alkanes) is 9. The monoisotopic (exact) mass is 406 g/mol. The summed E-state index contributed by atoms with van der Waals surface area (Å²) in [6.07, 6.45) is 13.4. The maximum Gasteiger partial charge on any atom is 0.332 e. The Labute approximate surface area is 163 Å². The van der Waals surface area contributed by atoms with Gasteiger partial charge >= 0.3 is 22.1 Å². The van der Waals surface area contributed by atoms with E-state index in [1.165, 1.54) is 51.9 Å². The molecule has 0 aromatic carbocycles. The second kappa shape index (κ2) is 15.6. The Morgan fingerprint density at radius 2 is 1.33 bits per heavy atom. The van der Waals surface area contributed by atoms with Gasteiger partial charge in [-0.05, 0) is 12.8 Å². The normalized spacial score (nSPS) is 12.9. The molecule has 7 nitrogen and oxygen atoms in total. The van der Waals surface area contributed by atoms with Crippen molar-refractivity contribution >= 4 is 22.1 Å². The molecule has 0 rings (SSSR count). The minimum absolute atomic E-state index is 0.0956. The van der Waals surface area contributed by atoms with Crippen LogP contribution >= 0.6 is 0 Å². The second-order valence-corrected chi connectivity index (χ2v) is 8.03. The van der Waals surface area contributed by atoms with E-state index in [9.17, 15) is 18.0 Å². The molecule has 0 spiro atoms. The second-order valence-electron chi connectivity index (χ2n) is 6.47. The number of ether oxygens (including phenoxy) is 2. The third-order valence-corrected chi connectivity index (χ3v) is 5.10. The van der Waals surface area contributed by atoms with E-state index < -0.39 is 27.5 Å². The van der Waals surface area contributed by atoms with Gasteiger partial charge in [0.05, 0.1) is 6.61 Å². The molecule has 0 aliphatic carbocycles. The molecular formula is C19H34O7S. The van der Waals surface area contributed by atoms with Gasteiger partial charge < -0.3 is 9.47 Å². The van der Waals surface area contributed by atoms with E-state index in [4.69, 9.17) is 9.29 Å². The molecule has 0 saturated heterocycles. The predicted molar refractivity (Wildman–Crippen MR) is 104 cm³/mol. The van der Waals surface area contributed by atoms with Crippen LogP contribution in [0.5, 0.6) is 0 Å². The van der Waals surface area contributed by atoms with E-state index in [-0.39, 0.29) is 13.0 Å². The molecule has 0 amide bonds. The van der Waals surface area contributed by atoms with Crippen LogP contribution in [-0.4, -0.2) is 37.0 Å². The van der Waals surface area contributed by atoms with Crippen molar-refractivity contribution in [3.63, 3.8) is 0 Å². The van der Waals surface area contributed by atoms with Crippen molar-refractivity contribution in [2.75, 3.05) is 6.61 Å². The van der Waals surface area contributed by atoms with Crippen LogP contribution in [0.1, 0.15) is 84.5 Å². The van der Waals surface area contributed by atoms with Crippen molar-refractivity contribution in [1.82, 2.24) is 0 Å². The Morgan fingerprint density at radius 1 is 0.852 bits per heavy atom.